The zero-order chi connectivity index (χ0) is 18.2. The summed E-state index contributed by atoms with van der Waals surface area (Å²) in [6, 6.07) is 6.11. The van der Waals surface area contributed by atoms with Crippen molar-refractivity contribution in [1.29, 1.82) is 0 Å². The van der Waals surface area contributed by atoms with E-state index in [0.29, 0.717) is 5.92 Å². The van der Waals surface area contributed by atoms with E-state index >= 15 is 0 Å². The summed E-state index contributed by atoms with van der Waals surface area (Å²) in [6.45, 7) is 3.02. The lowest BCUT2D eigenvalue weighted by Gasteiger charge is -2.21. The maximum atomic E-state index is 6.04. The number of nitrogens with zero attached hydrogens (tertiary/aromatic N) is 2. The van der Waals surface area contributed by atoms with Crippen LogP contribution in [-0.4, -0.2) is 16.6 Å². The third kappa shape index (κ3) is 5.54. The number of aromatic nitrogens is 2. The molecular weight excluding hydrogens is 388 g/mol. The molecule has 1 heterocycles. The highest BCUT2D eigenvalue weighted by atomic mass is 79.9. The fourth-order valence-electron chi connectivity index (χ4n) is 3.34. The first-order valence-electron chi connectivity index (χ1n) is 9.81. The van der Waals surface area contributed by atoms with Crippen LogP contribution < -0.4 is 4.74 Å². The van der Waals surface area contributed by atoms with Gasteiger partial charge in [-0.3, -0.25) is 0 Å². The van der Waals surface area contributed by atoms with Crippen LogP contribution in [-0.2, 0) is 6.42 Å². The molecule has 1 aliphatic carbocycles. The zero-order valence-corrected chi connectivity index (χ0v) is 17.2. The highest BCUT2D eigenvalue weighted by molar-refractivity contribution is 9.10. The van der Waals surface area contributed by atoms with Crippen LogP contribution in [0.2, 0.25) is 0 Å². The summed E-state index contributed by atoms with van der Waals surface area (Å²) in [5.74, 6) is 2.34. The van der Waals surface area contributed by atoms with E-state index in [1.165, 1.54) is 50.5 Å². The molecule has 1 aliphatic rings. The average molecular weight is 416 g/mol. The number of hydrogen-bond donors (Lipinski definition) is 0. The fourth-order valence-corrected chi connectivity index (χ4v) is 3.83. The molecule has 0 N–H and O–H groups in total. The summed E-state index contributed by atoms with van der Waals surface area (Å²) < 4.78 is 7.01. The first-order chi connectivity index (χ1) is 12.8. The molecule has 0 bridgehead atoms. The van der Waals surface area contributed by atoms with E-state index in [9.17, 15) is 0 Å². The number of halogens is 1. The van der Waals surface area contributed by atoms with Crippen molar-refractivity contribution in [3.63, 3.8) is 0 Å². The molecule has 1 aromatic carbocycles. The number of unbranched alkanes of at least 4 members (excludes halogenated alkanes) is 2. The van der Waals surface area contributed by atoms with Gasteiger partial charge in [0.1, 0.15) is 5.75 Å². The number of rotatable bonds is 8. The minimum absolute atomic E-state index is 0.676. The second-order valence-corrected chi connectivity index (χ2v) is 7.99. The van der Waals surface area contributed by atoms with Gasteiger partial charge in [0, 0.05) is 18.0 Å². The van der Waals surface area contributed by atoms with Crippen LogP contribution in [0.3, 0.4) is 0 Å². The van der Waals surface area contributed by atoms with Gasteiger partial charge in [0.2, 0.25) is 0 Å². The van der Waals surface area contributed by atoms with Gasteiger partial charge >= 0.3 is 0 Å². The molecule has 2 aromatic rings. The molecule has 4 heteroatoms. The Balaban J connectivity index is 1.59. The van der Waals surface area contributed by atoms with Gasteiger partial charge in [-0.05, 0) is 90.6 Å². The van der Waals surface area contributed by atoms with E-state index in [4.69, 9.17) is 4.74 Å². The van der Waals surface area contributed by atoms with Gasteiger partial charge < -0.3 is 4.74 Å². The van der Waals surface area contributed by atoms with Crippen molar-refractivity contribution in [1.82, 2.24) is 9.97 Å². The summed E-state index contributed by atoms with van der Waals surface area (Å²) in [5, 5.41) is 0. The summed E-state index contributed by atoms with van der Waals surface area (Å²) in [7, 11) is 0. The normalized spacial score (nSPS) is 15.2. The standard InChI is InChI=1S/C22H28BrN2O/c1-2-3-5-10-18-14-24-22(25-15-18)19-11-12-21(20(23)13-19)26-16-17-8-6-4-7-9-17/h4,11-15,17H,2-3,5-10,16H2,1H3. The lowest BCUT2D eigenvalue weighted by molar-refractivity contribution is 0.220. The molecule has 0 amide bonds. The number of aryl methyl sites for hydroxylation is 1. The highest BCUT2D eigenvalue weighted by Crippen LogP contribution is 2.31. The van der Waals surface area contributed by atoms with Crippen molar-refractivity contribution in [2.24, 2.45) is 5.92 Å². The first-order valence-corrected chi connectivity index (χ1v) is 10.6. The van der Waals surface area contributed by atoms with Crippen LogP contribution in [0.15, 0.2) is 35.1 Å². The Morgan fingerprint density at radius 2 is 1.88 bits per heavy atom. The van der Waals surface area contributed by atoms with E-state index in [1.54, 1.807) is 0 Å². The van der Waals surface area contributed by atoms with Crippen molar-refractivity contribution in [2.45, 2.75) is 58.3 Å². The second kappa shape index (κ2) is 10.1. The molecule has 1 radical (unpaired) electrons. The Morgan fingerprint density at radius 3 is 2.58 bits per heavy atom. The quantitative estimate of drug-likeness (QED) is 0.466. The van der Waals surface area contributed by atoms with E-state index in [0.717, 1.165) is 34.6 Å². The van der Waals surface area contributed by atoms with E-state index < -0.39 is 0 Å². The number of hydrogen-bond acceptors (Lipinski definition) is 3. The van der Waals surface area contributed by atoms with Crippen LogP contribution in [0.4, 0.5) is 0 Å². The first kappa shape index (κ1) is 19.3. The lowest BCUT2D eigenvalue weighted by Crippen LogP contribution is -2.15. The van der Waals surface area contributed by atoms with Gasteiger partial charge in [-0.25, -0.2) is 9.97 Å². The molecule has 3 rings (SSSR count). The van der Waals surface area contributed by atoms with E-state index in [-0.39, 0.29) is 0 Å². The largest absolute Gasteiger partial charge is 0.492 e. The van der Waals surface area contributed by atoms with Gasteiger partial charge in [0.05, 0.1) is 11.1 Å². The molecule has 26 heavy (non-hydrogen) atoms. The summed E-state index contributed by atoms with van der Waals surface area (Å²) in [6.07, 6.45) is 16.0. The molecular formula is C22H28BrN2O. The molecule has 0 spiro atoms. The summed E-state index contributed by atoms with van der Waals surface area (Å²) in [5.41, 5.74) is 2.22. The third-order valence-corrected chi connectivity index (χ3v) is 5.62. The van der Waals surface area contributed by atoms with Gasteiger partial charge in [-0.2, -0.15) is 0 Å². The molecule has 0 aliphatic heterocycles. The average Bonchev–Trinajstić information content (AvgIpc) is 2.68. The maximum Gasteiger partial charge on any atom is 0.159 e. The molecule has 139 valence electrons. The molecule has 0 atom stereocenters. The predicted octanol–water partition coefficient (Wildman–Crippen LogP) is 6.41. The van der Waals surface area contributed by atoms with Gasteiger partial charge in [0.15, 0.2) is 5.82 Å². The van der Waals surface area contributed by atoms with Gasteiger partial charge in [-0.15, -0.1) is 0 Å². The minimum atomic E-state index is 0.676. The van der Waals surface area contributed by atoms with Crippen molar-refractivity contribution in [3.05, 3.63) is 47.0 Å². The maximum absolute atomic E-state index is 6.04. The smallest absolute Gasteiger partial charge is 0.159 e. The van der Waals surface area contributed by atoms with Crippen LogP contribution in [0, 0.1) is 12.3 Å². The predicted molar refractivity (Wildman–Crippen MR) is 110 cm³/mol. The van der Waals surface area contributed by atoms with Crippen molar-refractivity contribution < 1.29 is 4.74 Å². The van der Waals surface area contributed by atoms with E-state index in [1.807, 2.05) is 24.5 Å². The fraction of sp³-hybridized carbons (Fsp3) is 0.500. The molecule has 1 aromatic heterocycles. The molecule has 1 saturated carbocycles. The van der Waals surface area contributed by atoms with Crippen LogP contribution in [0.25, 0.3) is 11.4 Å². The second-order valence-electron chi connectivity index (χ2n) is 7.14. The van der Waals surface area contributed by atoms with Crippen molar-refractivity contribution in [3.8, 4) is 17.1 Å². The van der Waals surface area contributed by atoms with Crippen LogP contribution in [0.5, 0.6) is 5.75 Å². The SMILES string of the molecule is CCCCCc1cnc(-c2ccc(OCC3CC[CH]CC3)c(Br)c2)nc1. The topological polar surface area (TPSA) is 35.0 Å². The number of ether oxygens (including phenoxy) is 1. The van der Waals surface area contributed by atoms with Gasteiger partial charge in [0.25, 0.3) is 0 Å². The Labute approximate surface area is 165 Å². The third-order valence-electron chi connectivity index (χ3n) is 5.00. The highest BCUT2D eigenvalue weighted by Gasteiger charge is 2.15. The van der Waals surface area contributed by atoms with Crippen molar-refractivity contribution in [2.75, 3.05) is 6.61 Å². The molecule has 0 saturated heterocycles. The zero-order valence-electron chi connectivity index (χ0n) is 15.6. The van der Waals surface area contributed by atoms with Gasteiger partial charge in [-0.1, -0.05) is 19.8 Å². The number of benzene rings is 1. The van der Waals surface area contributed by atoms with Crippen LogP contribution >= 0.6 is 15.9 Å². The summed E-state index contributed by atoms with van der Waals surface area (Å²) >= 11 is 3.64. The Hall–Kier alpha value is -1.42. The minimum Gasteiger partial charge on any atom is -0.492 e. The van der Waals surface area contributed by atoms with Crippen molar-refractivity contribution >= 4 is 15.9 Å². The Bertz CT molecular complexity index is 681. The lowest BCUT2D eigenvalue weighted by atomic mass is 9.90. The van der Waals surface area contributed by atoms with E-state index in [2.05, 4.69) is 45.3 Å². The summed E-state index contributed by atoms with van der Waals surface area (Å²) in [4.78, 5) is 9.08. The van der Waals surface area contributed by atoms with Crippen LogP contribution in [0.1, 0.15) is 57.4 Å². The molecule has 1 fully saturated rings. The Kier molecular flexibility index (Phi) is 7.48. The molecule has 0 unspecified atom stereocenters. The molecule has 3 nitrogen and oxygen atoms in total. The Morgan fingerprint density at radius 1 is 1.12 bits per heavy atom. The monoisotopic (exact) mass is 415 g/mol.